The predicted molar refractivity (Wildman–Crippen MR) is 82.6 cm³/mol. The Morgan fingerprint density at radius 3 is 2.26 bits per heavy atom. The summed E-state index contributed by atoms with van der Waals surface area (Å²) in [5.41, 5.74) is 3.07. The van der Waals surface area contributed by atoms with Gasteiger partial charge in [-0.15, -0.1) is 10.2 Å². The Bertz CT molecular complexity index is 687. The molecule has 0 unspecified atom stereocenters. The van der Waals surface area contributed by atoms with Crippen LogP contribution in [0.1, 0.15) is 5.56 Å². The van der Waals surface area contributed by atoms with Crippen LogP contribution < -0.4 is 0 Å². The van der Waals surface area contributed by atoms with Crippen LogP contribution in [0.5, 0.6) is 0 Å². The minimum absolute atomic E-state index is 0.548. The first-order chi connectivity index (χ1) is 9.22. The lowest BCUT2D eigenvalue weighted by Gasteiger charge is -1.99. The van der Waals surface area contributed by atoms with Gasteiger partial charge in [-0.3, -0.25) is 0 Å². The van der Waals surface area contributed by atoms with Gasteiger partial charge in [0.2, 0.25) is 11.8 Å². The molecule has 0 aliphatic rings. The maximum Gasteiger partial charge on any atom is 0.248 e. The van der Waals surface area contributed by atoms with E-state index in [9.17, 15) is 0 Å². The van der Waals surface area contributed by atoms with Gasteiger partial charge in [-0.1, -0.05) is 18.2 Å². The summed E-state index contributed by atoms with van der Waals surface area (Å²) in [6.07, 6.45) is 0. The molecule has 0 aliphatic heterocycles. The van der Waals surface area contributed by atoms with Crippen molar-refractivity contribution in [1.29, 1.82) is 0 Å². The van der Waals surface area contributed by atoms with Crippen molar-refractivity contribution in [2.45, 2.75) is 6.92 Å². The van der Waals surface area contributed by atoms with E-state index in [-0.39, 0.29) is 0 Å². The number of halogens is 1. The Morgan fingerprint density at radius 2 is 1.58 bits per heavy atom. The van der Waals surface area contributed by atoms with Crippen LogP contribution in [0, 0.1) is 10.5 Å². The molecule has 0 spiro atoms. The van der Waals surface area contributed by atoms with Crippen molar-refractivity contribution in [3.8, 4) is 22.9 Å². The Labute approximate surface area is 124 Å². The van der Waals surface area contributed by atoms with E-state index in [1.165, 1.54) is 5.56 Å². The molecule has 0 saturated heterocycles. The van der Waals surface area contributed by atoms with Gasteiger partial charge in [0.25, 0.3) is 0 Å². The number of hydrogen-bond donors (Lipinski definition) is 0. The van der Waals surface area contributed by atoms with Gasteiger partial charge in [-0.25, -0.2) is 0 Å². The van der Waals surface area contributed by atoms with Gasteiger partial charge in [0, 0.05) is 14.7 Å². The van der Waals surface area contributed by atoms with E-state index in [4.69, 9.17) is 4.42 Å². The zero-order valence-electron chi connectivity index (χ0n) is 10.3. The van der Waals surface area contributed by atoms with Crippen molar-refractivity contribution in [3.05, 3.63) is 57.7 Å². The monoisotopic (exact) mass is 362 g/mol. The first kappa shape index (κ1) is 12.3. The van der Waals surface area contributed by atoms with Crippen LogP contribution in [0.4, 0.5) is 0 Å². The largest absolute Gasteiger partial charge is 0.416 e. The molecule has 0 amide bonds. The van der Waals surface area contributed by atoms with Crippen LogP contribution in [0.2, 0.25) is 0 Å². The molecule has 0 N–H and O–H groups in total. The molecule has 0 aliphatic carbocycles. The number of benzene rings is 2. The summed E-state index contributed by atoms with van der Waals surface area (Å²) < 4.78 is 6.90. The highest BCUT2D eigenvalue weighted by atomic mass is 127. The molecular formula is C15H11IN2O. The second kappa shape index (κ2) is 5.13. The fraction of sp³-hybridized carbons (Fsp3) is 0.0667. The Balaban J connectivity index is 2.02. The minimum Gasteiger partial charge on any atom is -0.416 e. The summed E-state index contributed by atoms with van der Waals surface area (Å²) in [7, 11) is 0. The van der Waals surface area contributed by atoms with Gasteiger partial charge in [-0.2, -0.15) is 0 Å². The molecule has 0 bridgehead atoms. The van der Waals surface area contributed by atoms with E-state index in [1.807, 2.05) is 42.5 Å². The summed E-state index contributed by atoms with van der Waals surface area (Å²) in [6.45, 7) is 2.06. The van der Waals surface area contributed by atoms with E-state index < -0.39 is 0 Å². The quantitative estimate of drug-likeness (QED) is 0.638. The lowest BCUT2D eigenvalue weighted by molar-refractivity contribution is 0.584. The van der Waals surface area contributed by atoms with Crippen LogP contribution in [-0.2, 0) is 0 Å². The molecule has 0 atom stereocenters. The first-order valence-corrected chi connectivity index (χ1v) is 6.97. The third-order valence-corrected chi connectivity index (χ3v) is 3.36. The van der Waals surface area contributed by atoms with Crippen molar-refractivity contribution in [3.63, 3.8) is 0 Å². The maximum absolute atomic E-state index is 5.74. The fourth-order valence-electron chi connectivity index (χ4n) is 1.90. The van der Waals surface area contributed by atoms with Gasteiger partial charge in [0.15, 0.2) is 0 Å². The van der Waals surface area contributed by atoms with Crippen molar-refractivity contribution < 1.29 is 4.42 Å². The fourth-order valence-corrected chi connectivity index (χ4v) is 2.72. The van der Waals surface area contributed by atoms with Crippen LogP contribution in [0.3, 0.4) is 0 Å². The van der Waals surface area contributed by atoms with Gasteiger partial charge < -0.3 is 4.42 Å². The van der Waals surface area contributed by atoms with Crippen molar-refractivity contribution >= 4 is 22.6 Å². The third-order valence-electron chi connectivity index (χ3n) is 2.73. The minimum atomic E-state index is 0.548. The molecule has 3 aromatic rings. The van der Waals surface area contributed by atoms with E-state index in [2.05, 4.69) is 45.8 Å². The van der Waals surface area contributed by atoms with Crippen molar-refractivity contribution in [2.24, 2.45) is 0 Å². The molecule has 4 heteroatoms. The second-order valence-corrected chi connectivity index (χ2v) is 5.54. The summed E-state index contributed by atoms with van der Waals surface area (Å²) >= 11 is 2.29. The molecule has 19 heavy (non-hydrogen) atoms. The third kappa shape index (κ3) is 2.68. The van der Waals surface area contributed by atoms with Gasteiger partial charge in [0.05, 0.1) is 0 Å². The summed E-state index contributed by atoms with van der Waals surface area (Å²) in [4.78, 5) is 0. The van der Waals surface area contributed by atoms with E-state index in [0.29, 0.717) is 11.8 Å². The number of hydrogen-bond acceptors (Lipinski definition) is 3. The smallest absolute Gasteiger partial charge is 0.248 e. The zero-order chi connectivity index (χ0) is 13.2. The number of aromatic nitrogens is 2. The molecule has 0 fully saturated rings. The lowest BCUT2D eigenvalue weighted by atomic mass is 10.1. The Hall–Kier alpha value is -1.69. The molecule has 0 saturated carbocycles. The molecular weight excluding hydrogens is 351 g/mol. The maximum atomic E-state index is 5.74. The van der Waals surface area contributed by atoms with E-state index in [1.54, 1.807) is 0 Å². The normalized spacial score (nSPS) is 10.6. The first-order valence-electron chi connectivity index (χ1n) is 5.89. The SMILES string of the molecule is Cc1cc(I)cc(-c2nnc(-c3ccccc3)o2)c1. The molecule has 94 valence electrons. The average Bonchev–Trinajstić information content (AvgIpc) is 2.88. The highest BCUT2D eigenvalue weighted by Gasteiger charge is 2.10. The lowest BCUT2D eigenvalue weighted by Crippen LogP contribution is -1.82. The van der Waals surface area contributed by atoms with Crippen LogP contribution in [0.15, 0.2) is 52.9 Å². The standard InChI is InChI=1S/C15H11IN2O/c1-10-7-12(9-13(16)8-10)15-18-17-14(19-15)11-5-3-2-4-6-11/h2-9H,1H3. The number of rotatable bonds is 2. The molecule has 1 heterocycles. The molecule has 0 radical (unpaired) electrons. The molecule has 1 aromatic heterocycles. The number of aryl methyl sites for hydroxylation is 1. The Morgan fingerprint density at radius 1 is 0.895 bits per heavy atom. The highest BCUT2D eigenvalue weighted by Crippen LogP contribution is 2.25. The molecule has 2 aromatic carbocycles. The second-order valence-electron chi connectivity index (χ2n) is 4.30. The van der Waals surface area contributed by atoms with Crippen molar-refractivity contribution in [2.75, 3.05) is 0 Å². The predicted octanol–water partition coefficient (Wildman–Crippen LogP) is 4.32. The number of nitrogens with zero attached hydrogens (tertiary/aromatic N) is 2. The van der Waals surface area contributed by atoms with E-state index >= 15 is 0 Å². The topological polar surface area (TPSA) is 38.9 Å². The summed E-state index contributed by atoms with van der Waals surface area (Å²) in [6, 6.07) is 16.0. The zero-order valence-corrected chi connectivity index (χ0v) is 12.5. The Kier molecular flexibility index (Phi) is 3.33. The van der Waals surface area contributed by atoms with Gasteiger partial charge in [0.1, 0.15) is 0 Å². The van der Waals surface area contributed by atoms with Crippen LogP contribution in [0.25, 0.3) is 22.9 Å². The average molecular weight is 362 g/mol. The molecule has 3 rings (SSSR count). The van der Waals surface area contributed by atoms with Crippen LogP contribution in [-0.4, -0.2) is 10.2 Å². The van der Waals surface area contributed by atoms with E-state index in [0.717, 1.165) is 14.7 Å². The summed E-state index contributed by atoms with van der Waals surface area (Å²) in [5.74, 6) is 1.10. The van der Waals surface area contributed by atoms with Crippen molar-refractivity contribution in [1.82, 2.24) is 10.2 Å². The summed E-state index contributed by atoms with van der Waals surface area (Å²) in [5, 5.41) is 8.23. The van der Waals surface area contributed by atoms with Crippen LogP contribution >= 0.6 is 22.6 Å². The highest BCUT2D eigenvalue weighted by molar-refractivity contribution is 14.1. The molecule has 3 nitrogen and oxygen atoms in total. The van der Waals surface area contributed by atoms with Gasteiger partial charge in [-0.05, 0) is 65.4 Å². The van der Waals surface area contributed by atoms with Gasteiger partial charge >= 0.3 is 0 Å².